The lowest BCUT2D eigenvalue weighted by molar-refractivity contribution is -0.121. The van der Waals surface area contributed by atoms with Crippen molar-refractivity contribution in [3.63, 3.8) is 0 Å². The summed E-state index contributed by atoms with van der Waals surface area (Å²) < 4.78 is 5.43. The molecule has 0 bridgehead atoms. The maximum atomic E-state index is 12.9. The number of likely N-dealkylation sites (tertiary alicyclic amines) is 1. The number of hydrogen-bond donors (Lipinski definition) is 2. The number of methoxy groups -OCH3 is 1. The largest absolute Gasteiger partial charge is 0.497 e. The van der Waals surface area contributed by atoms with Crippen molar-refractivity contribution >= 4 is 16.8 Å². The third-order valence-electron chi connectivity index (χ3n) is 6.08. The smallest absolute Gasteiger partial charge is 0.220 e. The zero-order valence-electron chi connectivity index (χ0n) is 17.7. The summed E-state index contributed by atoms with van der Waals surface area (Å²) in [7, 11) is 1.67. The molecule has 1 aliphatic rings. The van der Waals surface area contributed by atoms with Crippen LogP contribution in [0.4, 0.5) is 0 Å². The number of piperidine rings is 1. The number of H-pyrrole nitrogens is 1. The topological polar surface area (TPSA) is 57.4 Å². The Kier molecular flexibility index (Phi) is 6.70. The van der Waals surface area contributed by atoms with Crippen molar-refractivity contribution in [1.29, 1.82) is 0 Å². The Labute approximate surface area is 178 Å². The number of carbonyl (C=O) groups is 1. The lowest BCUT2D eigenvalue weighted by Gasteiger charge is -2.26. The second-order valence-electron chi connectivity index (χ2n) is 8.08. The van der Waals surface area contributed by atoms with E-state index in [1.54, 1.807) is 7.11 Å². The van der Waals surface area contributed by atoms with Gasteiger partial charge in [-0.3, -0.25) is 4.79 Å². The van der Waals surface area contributed by atoms with E-state index < -0.39 is 0 Å². The van der Waals surface area contributed by atoms with E-state index >= 15 is 0 Å². The van der Waals surface area contributed by atoms with Gasteiger partial charge in [0.1, 0.15) is 5.75 Å². The van der Waals surface area contributed by atoms with Gasteiger partial charge >= 0.3 is 0 Å². The number of aromatic amines is 1. The molecule has 4 rings (SSSR count). The first-order valence-electron chi connectivity index (χ1n) is 10.9. The fourth-order valence-corrected chi connectivity index (χ4v) is 4.44. The Morgan fingerprint density at radius 3 is 2.80 bits per heavy atom. The number of ether oxygens (including phenoxy) is 1. The van der Waals surface area contributed by atoms with Gasteiger partial charge in [-0.2, -0.15) is 0 Å². The number of aromatic nitrogens is 1. The first-order valence-corrected chi connectivity index (χ1v) is 10.9. The van der Waals surface area contributed by atoms with Gasteiger partial charge in [0, 0.05) is 42.5 Å². The summed E-state index contributed by atoms with van der Waals surface area (Å²) in [5.74, 6) is 0.860. The zero-order valence-corrected chi connectivity index (χ0v) is 17.7. The molecule has 1 amide bonds. The molecule has 0 saturated carbocycles. The van der Waals surface area contributed by atoms with Gasteiger partial charge in [-0.05, 0) is 55.3 Å². The number of benzene rings is 2. The molecule has 2 N–H and O–H groups in total. The van der Waals surface area contributed by atoms with E-state index in [-0.39, 0.29) is 11.8 Å². The molecule has 3 aromatic rings. The van der Waals surface area contributed by atoms with Gasteiger partial charge in [-0.25, -0.2) is 0 Å². The average molecular weight is 406 g/mol. The highest BCUT2D eigenvalue weighted by Gasteiger charge is 2.22. The second kappa shape index (κ2) is 9.81. The van der Waals surface area contributed by atoms with E-state index in [1.165, 1.54) is 19.3 Å². The summed E-state index contributed by atoms with van der Waals surface area (Å²) >= 11 is 0. The van der Waals surface area contributed by atoms with Gasteiger partial charge in [0.2, 0.25) is 5.91 Å². The van der Waals surface area contributed by atoms with Crippen molar-refractivity contribution in [2.24, 2.45) is 0 Å². The Balaban J connectivity index is 1.50. The number of hydrogen-bond acceptors (Lipinski definition) is 3. The van der Waals surface area contributed by atoms with Crippen LogP contribution in [0.15, 0.2) is 54.7 Å². The molecule has 5 heteroatoms. The van der Waals surface area contributed by atoms with Crippen molar-refractivity contribution in [2.75, 3.05) is 33.3 Å². The van der Waals surface area contributed by atoms with Crippen molar-refractivity contribution in [3.05, 3.63) is 65.9 Å². The molecular weight excluding hydrogens is 374 g/mol. The zero-order chi connectivity index (χ0) is 20.8. The number of fused-ring (bicyclic) bond motifs is 1. The van der Waals surface area contributed by atoms with E-state index in [1.807, 2.05) is 36.5 Å². The molecule has 1 aromatic heterocycles. The molecule has 1 saturated heterocycles. The van der Waals surface area contributed by atoms with E-state index in [0.29, 0.717) is 13.0 Å². The van der Waals surface area contributed by atoms with Crippen LogP contribution in [0.2, 0.25) is 0 Å². The van der Waals surface area contributed by atoms with Gasteiger partial charge in [-0.15, -0.1) is 0 Å². The minimum Gasteiger partial charge on any atom is -0.497 e. The van der Waals surface area contributed by atoms with Gasteiger partial charge < -0.3 is 19.9 Å². The summed E-state index contributed by atoms with van der Waals surface area (Å²) in [5, 5.41) is 4.31. The molecule has 0 radical (unpaired) electrons. The highest BCUT2D eigenvalue weighted by atomic mass is 16.5. The fourth-order valence-electron chi connectivity index (χ4n) is 4.44. The van der Waals surface area contributed by atoms with Gasteiger partial charge in [0.15, 0.2) is 0 Å². The molecule has 1 atom stereocenters. The van der Waals surface area contributed by atoms with E-state index in [2.05, 4.69) is 33.4 Å². The first kappa shape index (κ1) is 20.5. The standard InChI is InChI=1S/C25H31N3O2/c1-30-20-9-7-8-19(16-20)22(23-18-27-24-11-4-3-10-21(23)24)17-25(29)26-12-15-28-13-5-2-6-14-28/h3-4,7-11,16,18,22,27H,2,5-6,12-15,17H2,1H3,(H,26,29)/t22-/m1/s1. The normalized spacial score (nSPS) is 15.8. The Bertz CT molecular complexity index is 975. The maximum absolute atomic E-state index is 12.9. The van der Waals surface area contributed by atoms with Crippen LogP contribution in [0, 0.1) is 0 Å². The van der Waals surface area contributed by atoms with E-state index in [4.69, 9.17) is 4.74 Å². The molecule has 1 aliphatic heterocycles. The van der Waals surface area contributed by atoms with Crippen LogP contribution >= 0.6 is 0 Å². The lowest BCUT2D eigenvalue weighted by Crippen LogP contribution is -2.38. The first-order chi connectivity index (χ1) is 14.7. The van der Waals surface area contributed by atoms with Crippen molar-refractivity contribution < 1.29 is 9.53 Å². The van der Waals surface area contributed by atoms with Crippen molar-refractivity contribution in [3.8, 4) is 5.75 Å². The molecule has 2 aromatic carbocycles. The van der Waals surface area contributed by atoms with Gasteiger partial charge in [0.05, 0.1) is 7.11 Å². The number of rotatable bonds is 8. The summed E-state index contributed by atoms with van der Waals surface area (Å²) in [6.07, 6.45) is 6.32. The van der Waals surface area contributed by atoms with E-state index in [0.717, 1.165) is 47.4 Å². The summed E-state index contributed by atoms with van der Waals surface area (Å²) in [5.41, 5.74) is 3.32. The number of nitrogens with one attached hydrogen (secondary N) is 2. The molecule has 5 nitrogen and oxygen atoms in total. The predicted octanol–water partition coefficient (Wildman–Crippen LogP) is 4.30. The number of amides is 1. The summed E-state index contributed by atoms with van der Waals surface area (Å²) in [4.78, 5) is 18.7. The summed E-state index contributed by atoms with van der Waals surface area (Å²) in [6, 6.07) is 16.3. The van der Waals surface area contributed by atoms with Crippen LogP contribution in [-0.2, 0) is 4.79 Å². The summed E-state index contributed by atoms with van der Waals surface area (Å²) in [6.45, 7) is 3.94. The number of nitrogens with zero attached hydrogens (tertiary/aromatic N) is 1. The van der Waals surface area contributed by atoms with Crippen molar-refractivity contribution in [2.45, 2.75) is 31.6 Å². The highest BCUT2D eigenvalue weighted by Crippen LogP contribution is 2.34. The molecule has 0 spiro atoms. The van der Waals surface area contributed by atoms with E-state index in [9.17, 15) is 4.79 Å². The van der Waals surface area contributed by atoms with Crippen LogP contribution in [0.3, 0.4) is 0 Å². The molecule has 0 aliphatic carbocycles. The van der Waals surface area contributed by atoms with Gasteiger partial charge in [-0.1, -0.05) is 36.8 Å². The molecule has 158 valence electrons. The SMILES string of the molecule is COc1cccc([C@@H](CC(=O)NCCN2CCCCC2)c2c[nH]c3ccccc23)c1. The Morgan fingerprint density at radius 1 is 1.13 bits per heavy atom. The third kappa shape index (κ3) is 4.85. The molecule has 0 unspecified atom stereocenters. The van der Waals surface area contributed by atoms with Crippen LogP contribution in [-0.4, -0.2) is 49.1 Å². The van der Waals surface area contributed by atoms with Crippen LogP contribution in [0.1, 0.15) is 42.7 Å². The molecule has 1 fully saturated rings. The quantitative estimate of drug-likeness (QED) is 0.587. The second-order valence-corrected chi connectivity index (χ2v) is 8.08. The maximum Gasteiger partial charge on any atom is 0.220 e. The minimum atomic E-state index is -0.0359. The van der Waals surface area contributed by atoms with Crippen LogP contribution < -0.4 is 10.1 Å². The molecule has 2 heterocycles. The number of para-hydroxylation sites is 1. The average Bonchev–Trinajstić information content (AvgIpc) is 3.22. The van der Waals surface area contributed by atoms with Crippen LogP contribution in [0.25, 0.3) is 10.9 Å². The minimum absolute atomic E-state index is 0.0359. The fraction of sp³-hybridized carbons (Fsp3) is 0.400. The Morgan fingerprint density at radius 2 is 1.97 bits per heavy atom. The molecule has 30 heavy (non-hydrogen) atoms. The number of carbonyl (C=O) groups excluding carboxylic acids is 1. The molecular formula is C25H31N3O2. The third-order valence-corrected chi connectivity index (χ3v) is 6.08. The van der Waals surface area contributed by atoms with Crippen LogP contribution in [0.5, 0.6) is 5.75 Å². The lowest BCUT2D eigenvalue weighted by atomic mass is 9.88. The monoisotopic (exact) mass is 405 g/mol. The predicted molar refractivity (Wildman–Crippen MR) is 121 cm³/mol. The highest BCUT2D eigenvalue weighted by molar-refractivity contribution is 5.86. The van der Waals surface area contributed by atoms with Crippen molar-refractivity contribution in [1.82, 2.24) is 15.2 Å². The Hall–Kier alpha value is -2.79. The van der Waals surface area contributed by atoms with Gasteiger partial charge in [0.25, 0.3) is 0 Å².